The molecule has 2 aromatic carbocycles. The fourth-order valence-electron chi connectivity index (χ4n) is 4.73. The number of aromatic nitrogens is 2. The molecule has 8 nitrogen and oxygen atoms in total. The first-order valence-corrected chi connectivity index (χ1v) is 13.4. The topological polar surface area (TPSA) is 92.6 Å². The van der Waals surface area contributed by atoms with Crippen LogP contribution in [-0.4, -0.2) is 59.5 Å². The van der Waals surface area contributed by atoms with Crippen molar-refractivity contribution in [3.05, 3.63) is 68.6 Å². The van der Waals surface area contributed by atoms with E-state index >= 15 is 0 Å². The number of carbonyl (C=O) groups is 1. The van der Waals surface area contributed by atoms with Gasteiger partial charge >= 0.3 is 0 Å². The molecule has 1 aliphatic rings. The van der Waals surface area contributed by atoms with E-state index in [1.807, 2.05) is 40.7 Å². The number of hydrogen-bond acceptors (Lipinski definition) is 5. The molecule has 9 heteroatoms. The number of aryl methyl sites for hydroxylation is 3. The molecular weight excluding hydrogens is 464 g/mol. The number of carbonyl (C=O) groups excluding carboxylic acids is 1. The van der Waals surface area contributed by atoms with Crippen molar-refractivity contribution in [1.29, 1.82) is 0 Å². The Bertz CT molecular complexity index is 1440. The number of piperazine rings is 1. The second kappa shape index (κ2) is 9.54. The first kappa shape index (κ1) is 25.1. The zero-order valence-corrected chi connectivity index (χ0v) is 21.8. The average Bonchev–Trinajstić information content (AvgIpc) is 2.84. The predicted molar refractivity (Wildman–Crippen MR) is 136 cm³/mol. The molecule has 0 N–H and O–H groups in total. The highest BCUT2D eigenvalue weighted by atomic mass is 32.2. The summed E-state index contributed by atoms with van der Waals surface area (Å²) in [5.41, 5.74) is 3.43. The zero-order chi connectivity index (χ0) is 25.5. The van der Waals surface area contributed by atoms with Crippen molar-refractivity contribution in [2.24, 2.45) is 0 Å². The Morgan fingerprint density at radius 1 is 0.943 bits per heavy atom. The van der Waals surface area contributed by atoms with Crippen molar-refractivity contribution in [3.63, 3.8) is 0 Å². The van der Waals surface area contributed by atoms with Crippen LogP contribution in [0.25, 0.3) is 10.8 Å². The molecule has 0 saturated carbocycles. The monoisotopic (exact) mass is 496 g/mol. The number of nitrogens with zero attached hydrogens (tertiary/aromatic N) is 4. The Kier molecular flexibility index (Phi) is 6.83. The highest BCUT2D eigenvalue weighted by Crippen LogP contribution is 2.29. The third-order valence-corrected chi connectivity index (χ3v) is 9.10. The van der Waals surface area contributed by atoms with Crippen LogP contribution in [-0.2, 0) is 16.6 Å². The molecule has 0 unspecified atom stereocenters. The summed E-state index contributed by atoms with van der Waals surface area (Å²) in [6.45, 7) is 10.8. The third-order valence-electron chi connectivity index (χ3n) is 6.93. The van der Waals surface area contributed by atoms with E-state index in [1.54, 1.807) is 29.2 Å². The quantitative estimate of drug-likeness (QED) is 0.541. The molecule has 4 rings (SSSR count). The van der Waals surface area contributed by atoms with Gasteiger partial charge in [-0.15, -0.1) is 0 Å². The average molecular weight is 497 g/mol. The van der Waals surface area contributed by atoms with Crippen molar-refractivity contribution < 1.29 is 13.2 Å². The van der Waals surface area contributed by atoms with Gasteiger partial charge in [-0.2, -0.15) is 9.40 Å². The maximum absolute atomic E-state index is 13.6. The van der Waals surface area contributed by atoms with Gasteiger partial charge in [0, 0.05) is 38.1 Å². The maximum Gasteiger partial charge on any atom is 0.275 e. The SMILES string of the molecule is CCCn1nc(C(=O)N2CCN(S(=O)(=O)c3c(C)c(C)cc(C)c3C)CC2)c2ccccc2c1=O. The number of rotatable bonds is 5. The van der Waals surface area contributed by atoms with E-state index < -0.39 is 10.0 Å². The van der Waals surface area contributed by atoms with Crippen LogP contribution in [0.1, 0.15) is 46.1 Å². The van der Waals surface area contributed by atoms with Gasteiger partial charge in [-0.1, -0.05) is 31.2 Å². The summed E-state index contributed by atoms with van der Waals surface area (Å²) in [6.07, 6.45) is 0.715. The lowest BCUT2D eigenvalue weighted by Gasteiger charge is -2.34. The van der Waals surface area contributed by atoms with Crippen LogP contribution >= 0.6 is 0 Å². The van der Waals surface area contributed by atoms with Gasteiger partial charge in [0.1, 0.15) is 0 Å². The molecule has 0 aliphatic carbocycles. The Balaban J connectivity index is 1.62. The lowest BCUT2D eigenvalue weighted by Crippen LogP contribution is -2.51. The molecule has 3 aromatic rings. The summed E-state index contributed by atoms with van der Waals surface area (Å²) in [4.78, 5) is 28.2. The summed E-state index contributed by atoms with van der Waals surface area (Å²) in [7, 11) is -3.70. The molecule has 0 radical (unpaired) electrons. The fourth-order valence-corrected chi connectivity index (χ4v) is 6.73. The van der Waals surface area contributed by atoms with Crippen LogP contribution in [0, 0.1) is 27.7 Å². The summed E-state index contributed by atoms with van der Waals surface area (Å²) >= 11 is 0. The van der Waals surface area contributed by atoms with Crippen molar-refractivity contribution in [2.75, 3.05) is 26.2 Å². The Hall–Kier alpha value is -3.04. The molecule has 0 bridgehead atoms. The van der Waals surface area contributed by atoms with E-state index in [9.17, 15) is 18.0 Å². The highest BCUT2D eigenvalue weighted by Gasteiger charge is 2.34. The standard InChI is InChI=1S/C26H32N4O4S/c1-6-11-30-25(31)22-10-8-7-9-21(22)23(27-30)26(32)28-12-14-29(15-13-28)35(33,34)24-19(4)17(2)16-18(3)20(24)5/h7-10,16H,6,11-15H2,1-5H3. The summed E-state index contributed by atoms with van der Waals surface area (Å²) < 4.78 is 30.0. The second-order valence-electron chi connectivity index (χ2n) is 9.21. The summed E-state index contributed by atoms with van der Waals surface area (Å²) in [5.74, 6) is -0.290. The van der Waals surface area contributed by atoms with Gasteiger partial charge < -0.3 is 4.90 Å². The molecule has 1 amide bonds. The first-order chi connectivity index (χ1) is 16.6. The van der Waals surface area contributed by atoms with Gasteiger partial charge in [0.2, 0.25) is 10.0 Å². The van der Waals surface area contributed by atoms with E-state index in [-0.39, 0.29) is 43.3 Å². The number of hydrogen-bond donors (Lipinski definition) is 0. The van der Waals surface area contributed by atoms with Gasteiger partial charge in [-0.05, 0) is 62.4 Å². The lowest BCUT2D eigenvalue weighted by molar-refractivity contribution is 0.0691. The van der Waals surface area contributed by atoms with Crippen molar-refractivity contribution in [3.8, 4) is 0 Å². The fraction of sp³-hybridized carbons (Fsp3) is 0.423. The lowest BCUT2D eigenvalue weighted by atomic mass is 10.0. The Labute approximate surface area is 206 Å². The predicted octanol–water partition coefficient (Wildman–Crippen LogP) is 3.19. The van der Waals surface area contributed by atoms with E-state index in [0.29, 0.717) is 28.6 Å². The second-order valence-corrected chi connectivity index (χ2v) is 11.1. The van der Waals surface area contributed by atoms with E-state index in [2.05, 4.69) is 5.10 Å². The number of sulfonamides is 1. The minimum Gasteiger partial charge on any atom is -0.335 e. The molecule has 1 aliphatic heterocycles. The zero-order valence-electron chi connectivity index (χ0n) is 21.0. The Morgan fingerprint density at radius 3 is 2.09 bits per heavy atom. The van der Waals surface area contributed by atoms with Gasteiger partial charge in [0.05, 0.1) is 10.3 Å². The van der Waals surface area contributed by atoms with Gasteiger partial charge in [-0.3, -0.25) is 9.59 Å². The third kappa shape index (κ3) is 4.38. The van der Waals surface area contributed by atoms with Gasteiger partial charge in [0.15, 0.2) is 5.69 Å². The smallest absolute Gasteiger partial charge is 0.275 e. The molecule has 1 aromatic heterocycles. The van der Waals surface area contributed by atoms with E-state index in [1.165, 1.54) is 8.99 Å². The molecule has 0 atom stereocenters. The summed E-state index contributed by atoms with van der Waals surface area (Å²) in [5, 5.41) is 5.38. The van der Waals surface area contributed by atoms with Crippen LogP contribution in [0.3, 0.4) is 0 Å². The number of amides is 1. The Morgan fingerprint density at radius 2 is 1.51 bits per heavy atom. The van der Waals surface area contributed by atoms with Gasteiger partial charge in [0.25, 0.3) is 11.5 Å². The van der Waals surface area contributed by atoms with Crippen molar-refractivity contribution in [2.45, 2.75) is 52.5 Å². The molecule has 1 saturated heterocycles. The maximum atomic E-state index is 13.6. The van der Waals surface area contributed by atoms with Crippen LogP contribution < -0.4 is 5.56 Å². The highest BCUT2D eigenvalue weighted by molar-refractivity contribution is 7.89. The van der Waals surface area contributed by atoms with E-state index in [4.69, 9.17) is 0 Å². The molecule has 186 valence electrons. The molecule has 2 heterocycles. The molecule has 35 heavy (non-hydrogen) atoms. The van der Waals surface area contributed by atoms with Crippen molar-refractivity contribution >= 4 is 26.7 Å². The van der Waals surface area contributed by atoms with Gasteiger partial charge in [-0.25, -0.2) is 13.1 Å². The molecule has 1 fully saturated rings. The van der Waals surface area contributed by atoms with Crippen molar-refractivity contribution in [1.82, 2.24) is 19.0 Å². The number of fused-ring (bicyclic) bond motifs is 1. The van der Waals surface area contributed by atoms with E-state index in [0.717, 1.165) is 22.3 Å². The minimum absolute atomic E-state index is 0.201. The normalized spacial score (nSPS) is 15.1. The first-order valence-electron chi connectivity index (χ1n) is 11.9. The molecule has 0 spiro atoms. The number of benzene rings is 2. The largest absolute Gasteiger partial charge is 0.335 e. The van der Waals surface area contributed by atoms with Crippen LogP contribution in [0.2, 0.25) is 0 Å². The summed E-state index contributed by atoms with van der Waals surface area (Å²) in [6, 6.07) is 9.01. The van der Waals surface area contributed by atoms with Crippen LogP contribution in [0.15, 0.2) is 40.0 Å². The minimum atomic E-state index is -3.70. The van der Waals surface area contributed by atoms with Crippen LogP contribution in [0.5, 0.6) is 0 Å². The van der Waals surface area contributed by atoms with Crippen LogP contribution in [0.4, 0.5) is 0 Å². The molecular formula is C26H32N4O4S.